The number of anilines is 1. The van der Waals surface area contributed by atoms with E-state index in [1.165, 1.54) is 12.0 Å². The number of halogens is 2. The Morgan fingerprint density at radius 1 is 1.06 bits per heavy atom. The van der Waals surface area contributed by atoms with Crippen LogP contribution in [0.4, 0.5) is 19.4 Å². The standard InChI is InChI=1S/C27H26F2N2O5/c1-27(2,3)35-26(32)31(4)25-19-8-6-7-17(24(19)36-30-25)15-34-18-11-9-16(10-12-18)20-13-21(28)22(29)14-23(20)33-5/h6-14H,15H2,1-5H3. The third-order valence-electron chi connectivity index (χ3n) is 5.35. The van der Waals surface area contributed by atoms with Gasteiger partial charge in [-0.25, -0.2) is 13.6 Å². The van der Waals surface area contributed by atoms with Gasteiger partial charge in [0, 0.05) is 24.2 Å². The second kappa shape index (κ2) is 9.85. The normalized spacial score (nSPS) is 11.4. The molecule has 0 atom stereocenters. The maximum absolute atomic E-state index is 13.8. The second-order valence-corrected chi connectivity index (χ2v) is 9.12. The molecule has 3 aromatic carbocycles. The Kier molecular flexibility index (Phi) is 6.83. The summed E-state index contributed by atoms with van der Waals surface area (Å²) in [7, 11) is 2.96. The van der Waals surface area contributed by atoms with Gasteiger partial charge in [-0.05, 0) is 50.6 Å². The van der Waals surface area contributed by atoms with Crippen LogP contribution in [0.1, 0.15) is 26.3 Å². The number of amides is 1. The summed E-state index contributed by atoms with van der Waals surface area (Å²) in [6.07, 6.45) is -0.544. The van der Waals surface area contributed by atoms with Crippen LogP contribution in [0.3, 0.4) is 0 Å². The van der Waals surface area contributed by atoms with Crippen molar-refractivity contribution in [3.05, 3.63) is 71.8 Å². The molecular formula is C27H26F2N2O5. The molecule has 7 nitrogen and oxygen atoms in total. The van der Waals surface area contributed by atoms with E-state index in [4.69, 9.17) is 18.7 Å². The van der Waals surface area contributed by atoms with E-state index in [0.29, 0.717) is 33.7 Å². The van der Waals surface area contributed by atoms with Crippen LogP contribution in [0.5, 0.6) is 11.5 Å². The molecule has 0 aliphatic carbocycles. The van der Waals surface area contributed by atoms with E-state index in [2.05, 4.69) is 5.16 Å². The van der Waals surface area contributed by atoms with E-state index in [1.54, 1.807) is 58.2 Å². The van der Waals surface area contributed by atoms with Gasteiger partial charge in [0.1, 0.15) is 23.7 Å². The fraction of sp³-hybridized carbons (Fsp3) is 0.259. The Bertz CT molecular complexity index is 1390. The summed E-state index contributed by atoms with van der Waals surface area (Å²) in [6, 6.07) is 14.5. The molecule has 0 unspecified atom stereocenters. The van der Waals surface area contributed by atoms with Gasteiger partial charge in [0.15, 0.2) is 23.0 Å². The van der Waals surface area contributed by atoms with E-state index in [1.807, 2.05) is 12.1 Å². The van der Waals surface area contributed by atoms with Crippen LogP contribution < -0.4 is 14.4 Å². The molecule has 188 valence electrons. The molecule has 0 bridgehead atoms. The molecule has 4 rings (SSSR count). The lowest BCUT2D eigenvalue weighted by Crippen LogP contribution is -2.34. The van der Waals surface area contributed by atoms with Crippen LogP contribution in [0.2, 0.25) is 0 Å². The Balaban J connectivity index is 1.51. The third-order valence-corrected chi connectivity index (χ3v) is 5.35. The monoisotopic (exact) mass is 496 g/mol. The molecule has 9 heteroatoms. The predicted octanol–water partition coefficient (Wildman–Crippen LogP) is 6.73. The van der Waals surface area contributed by atoms with Crippen molar-refractivity contribution >= 4 is 22.9 Å². The summed E-state index contributed by atoms with van der Waals surface area (Å²) >= 11 is 0. The van der Waals surface area contributed by atoms with Crippen LogP contribution in [0, 0.1) is 11.6 Å². The number of rotatable bonds is 6. The number of methoxy groups -OCH3 is 1. The topological polar surface area (TPSA) is 74.0 Å². The largest absolute Gasteiger partial charge is 0.496 e. The number of fused-ring (bicyclic) bond motifs is 1. The Morgan fingerprint density at radius 2 is 1.75 bits per heavy atom. The molecule has 36 heavy (non-hydrogen) atoms. The summed E-state index contributed by atoms with van der Waals surface area (Å²) < 4.78 is 49.3. The molecule has 1 heterocycles. The fourth-order valence-corrected chi connectivity index (χ4v) is 3.59. The fourth-order valence-electron chi connectivity index (χ4n) is 3.59. The van der Waals surface area contributed by atoms with Crippen molar-refractivity contribution in [3.63, 3.8) is 0 Å². The van der Waals surface area contributed by atoms with E-state index >= 15 is 0 Å². The van der Waals surface area contributed by atoms with Crippen LogP contribution in [-0.4, -0.2) is 31.0 Å². The first-order chi connectivity index (χ1) is 17.1. The van der Waals surface area contributed by atoms with Crippen molar-refractivity contribution < 1.29 is 32.3 Å². The maximum atomic E-state index is 13.8. The number of para-hydroxylation sites is 1. The number of aromatic nitrogens is 1. The summed E-state index contributed by atoms with van der Waals surface area (Å²) in [4.78, 5) is 13.8. The highest BCUT2D eigenvalue weighted by molar-refractivity contribution is 5.98. The summed E-state index contributed by atoms with van der Waals surface area (Å²) in [5, 5.41) is 4.71. The van der Waals surface area contributed by atoms with Gasteiger partial charge in [0.2, 0.25) is 0 Å². The first-order valence-electron chi connectivity index (χ1n) is 11.2. The SMILES string of the molecule is COc1cc(F)c(F)cc1-c1ccc(OCc2cccc3c(N(C)C(=O)OC(C)(C)C)noc23)cc1. The van der Waals surface area contributed by atoms with Gasteiger partial charge in [0.05, 0.1) is 12.5 Å². The van der Waals surface area contributed by atoms with Gasteiger partial charge in [-0.1, -0.05) is 29.4 Å². The van der Waals surface area contributed by atoms with Gasteiger partial charge >= 0.3 is 6.09 Å². The molecular weight excluding hydrogens is 470 g/mol. The predicted molar refractivity (Wildman–Crippen MR) is 131 cm³/mol. The van der Waals surface area contributed by atoms with Gasteiger partial charge in [0.25, 0.3) is 0 Å². The lowest BCUT2D eigenvalue weighted by Gasteiger charge is -2.23. The van der Waals surface area contributed by atoms with Gasteiger partial charge in [-0.15, -0.1) is 0 Å². The van der Waals surface area contributed by atoms with E-state index in [0.717, 1.165) is 17.7 Å². The molecule has 4 aromatic rings. The number of carbonyl (C=O) groups excluding carboxylic acids is 1. The van der Waals surface area contributed by atoms with Crippen LogP contribution in [0.25, 0.3) is 22.1 Å². The Labute approximate surface area is 207 Å². The number of hydrogen-bond acceptors (Lipinski definition) is 6. The minimum Gasteiger partial charge on any atom is -0.496 e. The third kappa shape index (κ3) is 5.25. The molecule has 1 aromatic heterocycles. The average molecular weight is 497 g/mol. The first-order valence-corrected chi connectivity index (χ1v) is 11.2. The summed E-state index contributed by atoms with van der Waals surface area (Å²) in [6.45, 7) is 5.54. The van der Waals surface area contributed by atoms with E-state index < -0.39 is 23.3 Å². The van der Waals surface area contributed by atoms with Crippen molar-refractivity contribution in [1.29, 1.82) is 0 Å². The van der Waals surface area contributed by atoms with E-state index in [-0.39, 0.29) is 12.4 Å². The zero-order chi connectivity index (χ0) is 26.0. The minimum absolute atomic E-state index is 0.177. The zero-order valence-corrected chi connectivity index (χ0v) is 20.6. The molecule has 0 fully saturated rings. The van der Waals surface area contributed by atoms with Crippen LogP contribution in [-0.2, 0) is 11.3 Å². The lowest BCUT2D eigenvalue weighted by atomic mass is 10.0. The molecule has 0 aliphatic rings. The number of nitrogens with zero attached hydrogens (tertiary/aromatic N) is 2. The Hall–Kier alpha value is -4.14. The maximum Gasteiger partial charge on any atom is 0.415 e. The van der Waals surface area contributed by atoms with Crippen molar-refractivity contribution in [2.45, 2.75) is 33.0 Å². The summed E-state index contributed by atoms with van der Waals surface area (Å²) in [5.41, 5.74) is 1.65. The molecule has 0 aliphatic heterocycles. The zero-order valence-electron chi connectivity index (χ0n) is 20.6. The van der Waals surface area contributed by atoms with Crippen molar-refractivity contribution in [2.24, 2.45) is 0 Å². The van der Waals surface area contributed by atoms with Crippen LogP contribution in [0.15, 0.2) is 59.1 Å². The van der Waals surface area contributed by atoms with Crippen molar-refractivity contribution in [2.75, 3.05) is 19.1 Å². The molecule has 0 radical (unpaired) electrons. The number of ether oxygens (including phenoxy) is 3. The number of hydrogen-bond donors (Lipinski definition) is 0. The van der Waals surface area contributed by atoms with Gasteiger partial charge in [-0.2, -0.15) is 0 Å². The van der Waals surface area contributed by atoms with Gasteiger partial charge < -0.3 is 18.7 Å². The molecule has 0 saturated carbocycles. The van der Waals surface area contributed by atoms with Crippen LogP contribution >= 0.6 is 0 Å². The van der Waals surface area contributed by atoms with E-state index in [9.17, 15) is 13.6 Å². The summed E-state index contributed by atoms with van der Waals surface area (Å²) in [5.74, 6) is -0.805. The van der Waals surface area contributed by atoms with Crippen molar-refractivity contribution in [3.8, 4) is 22.6 Å². The second-order valence-electron chi connectivity index (χ2n) is 9.12. The van der Waals surface area contributed by atoms with Crippen molar-refractivity contribution in [1.82, 2.24) is 5.16 Å². The smallest absolute Gasteiger partial charge is 0.415 e. The molecule has 1 amide bonds. The number of benzene rings is 3. The molecule has 0 N–H and O–H groups in total. The molecule has 0 saturated heterocycles. The average Bonchev–Trinajstić information content (AvgIpc) is 3.27. The lowest BCUT2D eigenvalue weighted by molar-refractivity contribution is 0.0587. The minimum atomic E-state index is -0.974. The molecule has 0 spiro atoms. The first kappa shape index (κ1) is 25.0. The quantitative estimate of drug-likeness (QED) is 0.295. The number of carbonyl (C=O) groups is 1. The highest BCUT2D eigenvalue weighted by atomic mass is 19.2. The van der Waals surface area contributed by atoms with Gasteiger partial charge in [-0.3, -0.25) is 4.90 Å². The Morgan fingerprint density at radius 3 is 2.42 bits per heavy atom. The highest BCUT2D eigenvalue weighted by Gasteiger charge is 2.25. The highest BCUT2D eigenvalue weighted by Crippen LogP contribution is 2.34.